The molecule has 2 atom stereocenters. The van der Waals surface area contributed by atoms with E-state index in [1.165, 1.54) is 6.39 Å². The van der Waals surface area contributed by atoms with Crippen molar-refractivity contribution in [3.05, 3.63) is 17.8 Å². The quantitative estimate of drug-likeness (QED) is 0.789. The van der Waals surface area contributed by atoms with E-state index in [9.17, 15) is 9.59 Å². The van der Waals surface area contributed by atoms with Crippen LogP contribution in [-0.4, -0.2) is 28.0 Å². The lowest BCUT2D eigenvalue weighted by Gasteiger charge is -2.13. The van der Waals surface area contributed by atoms with Crippen molar-refractivity contribution in [2.45, 2.75) is 46.1 Å². The predicted octanol–water partition coefficient (Wildman–Crippen LogP) is 1.99. The molecule has 0 fully saturated rings. The molecule has 0 saturated carbocycles. The Bertz CT molecular complexity index is 442. The highest BCUT2D eigenvalue weighted by Gasteiger charge is 2.16. The van der Waals surface area contributed by atoms with Crippen LogP contribution in [0.3, 0.4) is 0 Å². The van der Waals surface area contributed by atoms with Crippen LogP contribution in [0.25, 0.3) is 0 Å². The topological polar surface area (TPSA) is 92.4 Å². The highest BCUT2D eigenvalue weighted by molar-refractivity contribution is 5.92. The van der Waals surface area contributed by atoms with Crippen LogP contribution in [0.5, 0.6) is 0 Å². The number of aromatic nitrogens is 1. The van der Waals surface area contributed by atoms with Crippen LogP contribution < -0.4 is 5.32 Å². The maximum atomic E-state index is 11.8. The first-order chi connectivity index (χ1) is 8.91. The van der Waals surface area contributed by atoms with E-state index >= 15 is 0 Å². The van der Waals surface area contributed by atoms with E-state index in [-0.39, 0.29) is 23.6 Å². The van der Waals surface area contributed by atoms with Crippen LogP contribution in [-0.2, 0) is 4.79 Å². The van der Waals surface area contributed by atoms with Crippen LogP contribution in [0.4, 0.5) is 0 Å². The largest absolute Gasteiger partial charge is 0.481 e. The Kier molecular flexibility index (Phi) is 5.54. The second-order valence-corrected chi connectivity index (χ2v) is 4.81. The van der Waals surface area contributed by atoms with Gasteiger partial charge in [-0.2, -0.15) is 0 Å². The zero-order valence-corrected chi connectivity index (χ0v) is 11.5. The molecule has 0 saturated heterocycles. The lowest BCUT2D eigenvalue weighted by atomic mass is 10.0. The Morgan fingerprint density at radius 2 is 2.11 bits per heavy atom. The molecule has 0 spiro atoms. The molecule has 2 N–H and O–H groups in total. The normalized spacial score (nSPS) is 13.8. The summed E-state index contributed by atoms with van der Waals surface area (Å²) >= 11 is 0. The standard InChI is InChI=1S/C13H20N2O4/c1-8(13(17)18)5-4-6-9(2)15-12(16)11-10(3)14-7-19-11/h7-9H,4-6H2,1-3H3,(H,15,16)(H,17,18). The molecule has 19 heavy (non-hydrogen) atoms. The number of amides is 1. The number of aryl methyl sites for hydroxylation is 1. The number of hydrogen-bond donors (Lipinski definition) is 2. The van der Waals surface area contributed by atoms with Gasteiger partial charge in [0.15, 0.2) is 6.39 Å². The van der Waals surface area contributed by atoms with Gasteiger partial charge in [-0.1, -0.05) is 13.3 Å². The number of carboxylic acids is 1. The van der Waals surface area contributed by atoms with Crippen molar-refractivity contribution in [3.8, 4) is 0 Å². The summed E-state index contributed by atoms with van der Waals surface area (Å²) in [6, 6.07) is -0.0296. The second kappa shape index (κ2) is 6.92. The third kappa shape index (κ3) is 4.73. The molecule has 6 nitrogen and oxygen atoms in total. The summed E-state index contributed by atoms with van der Waals surface area (Å²) in [6.07, 6.45) is 3.33. The first-order valence-corrected chi connectivity index (χ1v) is 6.35. The van der Waals surface area contributed by atoms with Crippen molar-refractivity contribution in [2.24, 2.45) is 5.92 Å². The first-order valence-electron chi connectivity index (χ1n) is 6.35. The van der Waals surface area contributed by atoms with Crippen molar-refractivity contribution in [2.75, 3.05) is 0 Å². The molecule has 106 valence electrons. The van der Waals surface area contributed by atoms with Gasteiger partial charge in [0.1, 0.15) is 0 Å². The molecular weight excluding hydrogens is 248 g/mol. The summed E-state index contributed by atoms with van der Waals surface area (Å²) < 4.78 is 5.00. The fraction of sp³-hybridized carbons (Fsp3) is 0.615. The van der Waals surface area contributed by atoms with Crippen molar-refractivity contribution in [1.29, 1.82) is 0 Å². The second-order valence-electron chi connectivity index (χ2n) is 4.81. The summed E-state index contributed by atoms with van der Waals surface area (Å²) in [5.74, 6) is -1.19. The number of rotatable bonds is 7. The van der Waals surface area contributed by atoms with Gasteiger partial charge in [0, 0.05) is 6.04 Å². The molecule has 1 heterocycles. The third-order valence-corrected chi connectivity index (χ3v) is 3.03. The highest BCUT2D eigenvalue weighted by Crippen LogP contribution is 2.11. The van der Waals surface area contributed by atoms with Crippen LogP contribution in [0.2, 0.25) is 0 Å². The molecule has 1 rings (SSSR count). The molecule has 0 aromatic carbocycles. The zero-order valence-electron chi connectivity index (χ0n) is 11.5. The molecule has 1 amide bonds. The molecule has 1 aromatic heterocycles. The zero-order chi connectivity index (χ0) is 14.4. The summed E-state index contributed by atoms with van der Waals surface area (Å²) in [5.41, 5.74) is 0.559. The fourth-order valence-corrected chi connectivity index (χ4v) is 1.74. The molecule has 2 unspecified atom stereocenters. The van der Waals surface area contributed by atoms with E-state index in [1.54, 1.807) is 13.8 Å². The monoisotopic (exact) mass is 268 g/mol. The van der Waals surface area contributed by atoms with Crippen molar-refractivity contribution in [3.63, 3.8) is 0 Å². The summed E-state index contributed by atoms with van der Waals surface area (Å²) in [6.45, 7) is 5.27. The minimum Gasteiger partial charge on any atom is -0.481 e. The lowest BCUT2D eigenvalue weighted by Crippen LogP contribution is -2.32. The van der Waals surface area contributed by atoms with Gasteiger partial charge in [-0.25, -0.2) is 4.98 Å². The summed E-state index contributed by atoms with van der Waals surface area (Å²) in [4.78, 5) is 26.3. The van der Waals surface area contributed by atoms with Crippen LogP contribution in [0.15, 0.2) is 10.8 Å². The Balaban J connectivity index is 2.32. The lowest BCUT2D eigenvalue weighted by molar-refractivity contribution is -0.141. The van der Waals surface area contributed by atoms with E-state index in [2.05, 4.69) is 10.3 Å². The molecule has 0 aliphatic rings. The summed E-state index contributed by atoms with van der Waals surface area (Å²) in [5, 5.41) is 11.6. The smallest absolute Gasteiger partial charge is 0.306 e. The minimum atomic E-state index is -0.783. The van der Waals surface area contributed by atoms with Gasteiger partial charge in [-0.15, -0.1) is 0 Å². The van der Waals surface area contributed by atoms with E-state index < -0.39 is 5.97 Å². The van der Waals surface area contributed by atoms with Crippen molar-refractivity contribution < 1.29 is 19.1 Å². The number of carbonyl (C=O) groups excluding carboxylic acids is 1. The van der Waals surface area contributed by atoms with E-state index in [4.69, 9.17) is 9.52 Å². The Hall–Kier alpha value is -1.85. The van der Waals surface area contributed by atoms with E-state index in [0.717, 1.165) is 12.8 Å². The minimum absolute atomic E-state index is 0.0296. The Labute approximate surface area is 112 Å². The maximum absolute atomic E-state index is 11.8. The van der Waals surface area contributed by atoms with E-state index in [1.807, 2.05) is 6.92 Å². The number of hydrogen-bond acceptors (Lipinski definition) is 4. The maximum Gasteiger partial charge on any atom is 0.306 e. The number of oxazole rings is 1. The summed E-state index contributed by atoms with van der Waals surface area (Å²) in [7, 11) is 0. The van der Waals surface area contributed by atoms with Gasteiger partial charge < -0.3 is 14.8 Å². The van der Waals surface area contributed by atoms with Gasteiger partial charge in [-0.3, -0.25) is 9.59 Å². The molecule has 0 aliphatic carbocycles. The van der Waals surface area contributed by atoms with Crippen molar-refractivity contribution >= 4 is 11.9 Å². The van der Waals surface area contributed by atoms with Crippen LogP contribution in [0, 0.1) is 12.8 Å². The highest BCUT2D eigenvalue weighted by atomic mass is 16.4. The molecule has 0 aliphatic heterocycles. The number of carboxylic acid groups (broad SMARTS) is 1. The number of carbonyl (C=O) groups is 2. The number of nitrogens with zero attached hydrogens (tertiary/aromatic N) is 1. The molecule has 0 bridgehead atoms. The van der Waals surface area contributed by atoms with Crippen molar-refractivity contribution in [1.82, 2.24) is 10.3 Å². The van der Waals surface area contributed by atoms with Crippen LogP contribution in [0.1, 0.15) is 49.4 Å². The van der Waals surface area contributed by atoms with E-state index in [0.29, 0.717) is 12.1 Å². The van der Waals surface area contributed by atoms with Crippen LogP contribution >= 0.6 is 0 Å². The van der Waals surface area contributed by atoms with Gasteiger partial charge in [0.05, 0.1) is 11.6 Å². The van der Waals surface area contributed by atoms with Gasteiger partial charge in [-0.05, 0) is 26.7 Å². The number of aliphatic carboxylic acids is 1. The molecule has 6 heteroatoms. The Morgan fingerprint density at radius 1 is 1.42 bits per heavy atom. The molecule has 1 aromatic rings. The predicted molar refractivity (Wildman–Crippen MR) is 68.8 cm³/mol. The number of nitrogens with one attached hydrogen (secondary N) is 1. The average molecular weight is 268 g/mol. The average Bonchev–Trinajstić information content (AvgIpc) is 2.75. The molecular formula is C13H20N2O4. The SMILES string of the molecule is Cc1ncoc1C(=O)NC(C)CCCC(C)C(=O)O. The van der Waals surface area contributed by atoms with Gasteiger partial charge in [0.2, 0.25) is 5.76 Å². The molecule has 0 radical (unpaired) electrons. The van der Waals surface area contributed by atoms with Gasteiger partial charge in [0.25, 0.3) is 5.91 Å². The fourth-order valence-electron chi connectivity index (χ4n) is 1.74. The Morgan fingerprint density at radius 3 is 2.63 bits per heavy atom. The third-order valence-electron chi connectivity index (χ3n) is 3.03. The first kappa shape index (κ1) is 15.2. The van der Waals surface area contributed by atoms with Gasteiger partial charge >= 0.3 is 5.97 Å².